The molecule has 0 saturated heterocycles. The minimum absolute atomic E-state index is 0.229. The molecule has 1 unspecified atom stereocenters. The number of nitrogens with one attached hydrogen (secondary N) is 2. The van der Waals surface area contributed by atoms with Crippen molar-refractivity contribution in [2.24, 2.45) is 5.92 Å². The van der Waals surface area contributed by atoms with Crippen molar-refractivity contribution >= 4 is 44.8 Å². The number of aliphatic hydroxyl groups is 2. The largest absolute Gasteiger partial charge is 0.389 e. The standard InChI is InChI=1S/C28H30N6O4S2/c35-21(15-18-9-3-1-4-10-18)25(37)30-27-34-32-23(40-27)14-8-7-13-22-31-33-26(39-22)29-24(36)20-17-28(20,38)16-19-11-5-2-6-12-19/h1-6,9-12,20-21,35,38H,7-8,13-17H2,(H,29,33,36)(H,30,34,37)/t20?,21-,28-/m1/s1. The molecular formula is C28H30N6O4S2. The van der Waals surface area contributed by atoms with Crippen LogP contribution in [0.25, 0.3) is 0 Å². The van der Waals surface area contributed by atoms with E-state index in [0.717, 1.165) is 34.0 Å². The molecule has 12 heteroatoms. The highest BCUT2D eigenvalue weighted by Gasteiger charge is 2.57. The molecule has 4 aromatic rings. The highest BCUT2D eigenvalue weighted by molar-refractivity contribution is 7.15. The van der Waals surface area contributed by atoms with Crippen molar-refractivity contribution in [3.05, 3.63) is 81.8 Å². The van der Waals surface area contributed by atoms with Gasteiger partial charge in [0.15, 0.2) is 0 Å². The van der Waals surface area contributed by atoms with Gasteiger partial charge in [-0.2, -0.15) is 0 Å². The Morgan fingerprint density at radius 2 is 1.40 bits per heavy atom. The summed E-state index contributed by atoms with van der Waals surface area (Å²) in [5, 5.41) is 45.2. The van der Waals surface area contributed by atoms with Crippen LogP contribution in [-0.4, -0.2) is 54.1 Å². The van der Waals surface area contributed by atoms with Crippen LogP contribution in [0.2, 0.25) is 0 Å². The average molecular weight is 579 g/mol. The first-order valence-corrected chi connectivity index (χ1v) is 14.8. The summed E-state index contributed by atoms with van der Waals surface area (Å²) in [5.41, 5.74) is 0.876. The van der Waals surface area contributed by atoms with Crippen LogP contribution in [0.5, 0.6) is 0 Å². The molecule has 0 aliphatic heterocycles. The summed E-state index contributed by atoms with van der Waals surface area (Å²) in [6.07, 6.45) is 3.05. The molecule has 2 aromatic carbocycles. The number of unbranched alkanes of at least 4 members (excludes halogenated alkanes) is 1. The number of nitrogens with zero attached hydrogens (tertiary/aromatic N) is 4. The van der Waals surface area contributed by atoms with Gasteiger partial charge in [-0.3, -0.25) is 14.9 Å². The van der Waals surface area contributed by atoms with Crippen LogP contribution in [0, 0.1) is 5.92 Å². The molecule has 2 aromatic heterocycles. The van der Waals surface area contributed by atoms with E-state index in [9.17, 15) is 19.8 Å². The Kier molecular flexibility index (Phi) is 8.90. The lowest BCUT2D eigenvalue weighted by atomic mass is 10.0. The van der Waals surface area contributed by atoms with E-state index in [4.69, 9.17) is 0 Å². The molecule has 1 fully saturated rings. The molecule has 208 valence electrons. The summed E-state index contributed by atoms with van der Waals surface area (Å²) in [4.78, 5) is 24.9. The van der Waals surface area contributed by atoms with Gasteiger partial charge in [-0.25, -0.2) is 0 Å². The molecule has 0 radical (unpaired) electrons. The molecule has 1 aliphatic carbocycles. The third-order valence-electron chi connectivity index (χ3n) is 6.72. The van der Waals surface area contributed by atoms with Crippen LogP contribution >= 0.6 is 22.7 Å². The normalized spacial score (nSPS) is 18.7. The molecule has 1 aliphatic rings. The van der Waals surface area contributed by atoms with Gasteiger partial charge in [0.2, 0.25) is 16.2 Å². The number of carbonyl (C=O) groups excluding carboxylic acids is 2. The first-order chi connectivity index (χ1) is 19.4. The van der Waals surface area contributed by atoms with Gasteiger partial charge in [-0.1, -0.05) is 83.3 Å². The number of rotatable bonds is 13. The number of anilines is 2. The summed E-state index contributed by atoms with van der Waals surface area (Å²) in [7, 11) is 0. The number of aryl methyl sites for hydroxylation is 2. The van der Waals surface area contributed by atoms with E-state index in [0.29, 0.717) is 35.9 Å². The minimum atomic E-state index is -1.17. The second-order valence-corrected chi connectivity index (χ2v) is 12.0. The fourth-order valence-electron chi connectivity index (χ4n) is 4.45. The third kappa shape index (κ3) is 7.54. The topological polar surface area (TPSA) is 150 Å². The Morgan fingerprint density at radius 1 is 0.850 bits per heavy atom. The number of carbonyl (C=O) groups is 2. The fourth-order valence-corrected chi connectivity index (χ4v) is 6.02. The van der Waals surface area contributed by atoms with Gasteiger partial charge in [-0.15, -0.1) is 20.4 Å². The molecule has 0 spiro atoms. The first kappa shape index (κ1) is 28.0. The first-order valence-electron chi connectivity index (χ1n) is 13.1. The maximum atomic E-state index is 12.6. The molecule has 2 amide bonds. The van der Waals surface area contributed by atoms with Crippen LogP contribution in [0.4, 0.5) is 10.3 Å². The number of aromatic nitrogens is 4. The van der Waals surface area contributed by atoms with Crippen LogP contribution in [0.1, 0.15) is 40.4 Å². The Labute approximate surface area is 239 Å². The lowest BCUT2D eigenvalue weighted by Gasteiger charge is -2.10. The maximum absolute atomic E-state index is 12.6. The molecule has 10 nitrogen and oxygen atoms in total. The summed E-state index contributed by atoms with van der Waals surface area (Å²) in [6.45, 7) is 0. The molecule has 1 saturated carbocycles. The van der Waals surface area contributed by atoms with Crippen LogP contribution in [0.3, 0.4) is 0 Å². The smallest absolute Gasteiger partial charge is 0.255 e. The van der Waals surface area contributed by atoms with Crippen molar-refractivity contribution in [3.63, 3.8) is 0 Å². The van der Waals surface area contributed by atoms with Crippen molar-refractivity contribution in [1.29, 1.82) is 0 Å². The van der Waals surface area contributed by atoms with E-state index in [2.05, 4.69) is 31.0 Å². The fraction of sp³-hybridized carbons (Fsp3) is 0.357. The highest BCUT2D eigenvalue weighted by atomic mass is 32.1. The van der Waals surface area contributed by atoms with E-state index >= 15 is 0 Å². The Hall–Kier alpha value is -3.58. The summed E-state index contributed by atoms with van der Waals surface area (Å²) >= 11 is 2.63. The van der Waals surface area contributed by atoms with Gasteiger partial charge in [0.25, 0.3) is 5.91 Å². The number of benzene rings is 2. The van der Waals surface area contributed by atoms with Crippen molar-refractivity contribution in [2.45, 2.75) is 56.7 Å². The molecule has 0 bridgehead atoms. The lowest BCUT2D eigenvalue weighted by molar-refractivity contribution is -0.124. The van der Waals surface area contributed by atoms with Gasteiger partial charge >= 0.3 is 0 Å². The molecule has 3 atom stereocenters. The van der Waals surface area contributed by atoms with E-state index in [1.54, 1.807) is 0 Å². The summed E-state index contributed by atoms with van der Waals surface area (Å²) in [5.74, 6) is -1.19. The second-order valence-electron chi connectivity index (χ2n) is 9.92. The van der Waals surface area contributed by atoms with Gasteiger partial charge in [0.05, 0.1) is 11.5 Å². The maximum Gasteiger partial charge on any atom is 0.255 e. The van der Waals surface area contributed by atoms with Gasteiger partial charge in [0, 0.05) is 25.7 Å². The zero-order chi connectivity index (χ0) is 28.0. The van der Waals surface area contributed by atoms with Crippen LogP contribution in [-0.2, 0) is 35.3 Å². The molecule has 5 rings (SSSR count). The predicted molar refractivity (Wildman–Crippen MR) is 153 cm³/mol. The average Bonchev–Trinajstić information content (AvgIpc) is 3.24. The monoisotopic (exact) mass is 578 g/mol. The van der Waals surface area contributed by atoms with E-state index in [1.165, 1.54) is 22.7 Å². The summed E-state index contributed by atoms with van der Waals surface area (Å²) in [6, 6.07) is 19.0. The quantitative estimate of drug-likeness (QED) is 0.176. The van der Waals surface area contributed by atoms with Gasteiger partial charge in [-0.05, 0) is 30.4 Å². The van der Waals surface area contributed by atoms with E-state index in [1.807, 2.05) is 60.7 Å². The molecule has 40 heavy (non-hydrogen) atoms. The van der Waals surface area contributed by atoms with Crippen molar-refractivity contribution in [1.82, 2.24) is 20.4 Å². The highest BCUT2D eigenvalue weighted by Crippen LogP contribution is 2.46. The summed E-state index contributed by atoms with van der Waals surface area (Å²) < 4.78 is 0. The minimum Gasteiger partial charge on any atom is -0.389 e. The zero-order valence-corrected chi connectivity index (χ0v) is 23.3. The Morgan fingerprint density at radius 3 is 2.00 bits per heavy atom. The molecule has 2 heterocycles. The van der Waals surface area contributed by atoms with Gasteiger partial charge < -0.3 is 15.5 Å². The van der Waals surface area contributed by atoms with Crippen molar-refractivity contribution in [3.8, 4) is 0 Å². The van der Waals surface area contributed by atoms with Crippen LogP contribution in [0.15, 0.2) is 60.7 Å². The van der Waals surface area contributed by atoms with E-state index < -0.39 is 23.5 Å². The SMILES string of the molecule is O=C(Nc1nnc(CCCCc2nnc(NC(=O)[C@H](O)Cc3ccccc3)s2)s1)C1C[C@]1(O)Cc1ccccc1. The number of amides is 2. The zero-order valence-electron chi connectivity index (χ0n) is 21.7. The number of hydrogen-bond donors (Lipinski definition) is 4. The van der Waals surface area contributed by atoms with Crippen molar-refractivity contribution < 1.29 is 19.8 Å². The molecule has 4 N–H and O–H groups in total. The van der Waals surface area contributed by atoms with Crippen LogP contribution < -0.4 is 10.6 Å². The predicted octanol–water partition coefficient (Wildman–Crippen LogP) is 3.43. The van der Waals surface area contributed by atoms with Crippen molar-refractivity contribution in [2.75, 3.05) is 10.6 Å². The lowest BCUT2D eigenvalue weighted by Crippen LogP contribution is -2.29. The Bertz CT molecular complexity index is 1430. The number of hydrogen-bond acceptors (Lipinski definition) is 10. The van der Waals surface area contributed by atoms with Gasteiger partial charge in [0.1, 0.15) is 16.1 Å². The number of aliphatic hydroxyl groups excluding tert-OH is 1. The molecular weight excluding hydrogens is 548 g/mol. The second kappa shape index (κ2) is 12.7. The van der Waals surface area contributed by atoms with E-state index in [-0.39, 0.29) is 12.3 Å². The Balaban J connectivity index is 1.00. The third-order valence-corrected chi connectivity index (χ3v) is 8.51.